The fourth-order valence-electron chi connectivity index (χ4n) is 4.91. The maximum atomic E-state index is 11.5. The topological polar surface area (TPSA) is 74.6 Å². The molecule has 198 valence electrons. The quantitative estimate of drug-likeness (QED) is 0.140. The summed E-state index contributed by atoms with van der Waals surface area (Å²) >= 11 is 0. The zero-order valence-electron chi connectivity index (χ0n) is 22.4. The molecule has 0 fully saturated rings. The third-order valence-corrected chi connectivity index (χ3v) is 8.01. The summed E-state index contributed by atoms with van der Waals surface area (Å²) in [6.07, 6.45) is 21.8. The van der Waals surface area contributed by atoms with Crippen molar-refractivity contribution in [1.82, 2.24) is 0 Å². The standard InChI is InChI=1S/C29H52O4S/c1-5-6-7-8-9-10-11-12-13-14-15-16-17-18-19-20-23-29(3,4)28-22-21-26(34(31,32)33)24-27(28)25(2)30/h21-22,24-25,30H,5-20,23H2,1-4H3,(H,31,32,33). The summed E-state index contributed by atoms with van der Waals surface area (Å²) < 4.78 is 32.3. The molecule has 0 amide bonds. The van der Waals surface area contributed by atoms with Crippen LogP contribution in [0.3, 0.4) is 0 Å². The Kier molecular flexibility index (Phi) is 15.3. The van der Waals surface area contributed by atoms with E-state index in [0.717, 1.165) is 18.4 Å². The van der Waals surface area contributed by atoms with Gasteiger partial charge in [-0.15, -0.1) is 0 Å². The van der Waals surface area contributed by atoms with Gasteiger partial charge in [-0.1, -0.05) is 130 Å². The SMILES string of the molecule is CCCCCCCCCCCCCCCCCCC(C)(C)c1ccc(S(=O)(=O)O)cc1C(C)O. The molecule has 0 aliphatic carbocycles. The molecule has 1 rings (SSSR count). The largest absolute Gasteiger partial charge is 0.389 e. The molecule has 0 aliphatic heterocycles. The van der Waals surface area contributed by atoms with E-state index >= 15 is 0 Å². The Labute approximate surface area is 210 Å². The number of hydrogen-bond donors (Lipinski definition) is 2. The Hall–Kier alpha value is -0.910. The van der Waals surface area contributed by atoms with E-state index in [4.69, 9.17) is 0 Å². The van der Waals surface area contributed by atoms with E-state index in [0.29, 0.717) is 5.56 Å². The fourth-order valence-corrected chi connectivity index (χ4v) is 5.43. The molecule has 34 heavy (non-hydrogen) atoms. The van der Waals surface area contributed by atoms with Crippen molar-refractivity contribution < 1.29 is 18.1 Å². The Morgan fingerprint density at radius 3 is 1.56 bits per heavy atom. The average molecular weight is 497 g/mol. The van der Waals surface area contributed by atoms with Gasteiger partial charge in [0.1, 0.15) is 0 Å². The summed E-state index contributed by atoms with van der Waals surface area (Å²) in [4.78, 5) is -0.162. The molecule has 0 spiro atoms. The lowest BCUT2D eigenvalue weighted by atomic mass is 9.77. The van der Waals surface area contributed by atoms with E-state index in [1.54, 1.807) is 13.0 Å². The highest BCUT2D eigenvalue weighted by Gasteiger charge is 2.26. The molecule has 0 saturated heterocycles. The lowest BCUT2D eigenvalue weighted by molar-refractivity contribution is 0.195. The number of aliphatic hydroxyl groups is 1. The summed E-state index contributed by atoms with van der Waals surface area (Å²) in [5.74, 6) is 0. The zero-order chi connectivity index (χ0) is 25.5. The minimum absolute atomic E-state index is 0.162. The van der Waals surface area contributed by atoms with E-state index in [1.807, 2.05) is 0 Å². The van der Waals surface area contributed by atoms with Crippen LogP contribution < -0.4 is 0 Å². The molecular weight excluding hydrogens is 444 g/mol. The van der Waals surface area contributed by atoms with Crippen LogP contribution in [0.25, 0.3) is 0 Å². The highest BCUT2D eigenvalue weighted by atomic mass is 32.2. The van der Waals surface area contributed by atoms with E-state index in [1.165, 1.54) is 108 Å². The van der Waals surface area contributed by atoms with Gasteiger partial charge in [0.2, 0.25) is 0 Å². The van der Waals surface area contributed by atoms with Gasteiger partial charge in [0.15, 0.2) is 0 Å². The van der Waals surface area contributed by atoms with Crippen molar-refractivity contribution in [2.45, 2.75) is 153 Å². The van der Waals surface area contributed by atoms with E-state index < -0.39 is 16.2 Å². The Morgan fingerprint density at radius 1 is 0.765 bits per heavy atom. The molecule has 0 aromatic heterocycles. The third-order valence-electron chi connectivity index (χ3n) is 7.16. The van der Waals surface area contributed by atoms with Crippen molar-refractivity contribution in [3.63, 3.8) is 0 Å². The molecular formula is C29H52O4S. The monoisotopic (exact) mass is 496 g/mol. The Morgan fingerprint density at radius 2 is 1.18 bits per heavy atom. The first-order valence-electron chi connectivity index (χ1n) is 13.9. The average Bonchev–Trinajstić information content (AvgIpc) is 2.77. The van der Waals surface area contributed by atoms with Crippen molar-refractivity contribution in [2.75, 3.05) is 0 Å². The second-order valence-electron chi connectivity index (χ2n) is 10.8. The molecule has 1 unspecified atom stereocenters. The molecule has 0 bridgehead atoms. The van der Waals surface area contributed by atoms with Gasteiger partial charge in [0.05, 0.1) is 11.0 Å². The number of aliphatic hydroxyl groups excluding tert-OH is 1. The highest BCUT2D eigenvalue weighted by Crippen LogP contribution is 2.35. The van der Waals surface area contributed by atoms with Gasteiger partial charge in [0, 0.05) is 0 Å². The summed E-state index contributed by atoms with van der Waals surface area (Å²) in [5, 5.41) is 10.2. The molecule has 0 radical (unpaired) electrons. The number of rotatable bonds is 20. The highest BCUT2D eigenvalue weighted by molar-refractivity contribution is 7.85. The van der Waals surface area contributed by atoms with Gasteiger partial charge < -0.3 is 5.11 Å². The fraction of sp³-hybridized carbons (Fsp3) is 0.793. The van der Waals surface area contributed by atoms with E-state index in [2.05, 4.69) is 20.8 Å². The smallest absolute Gasteiger partial charge is 0.294 e. The molecule has 1 aromatic carbocycles. The summed E-state index contributed by atoms with van der Waals surface area (Å²) in [6.45, 7) is 8.20. The second kappa shape index (κ2) is 16.7. The molecule has 0 aliphatic rings. The van der Waals surface area contributed by atoms with Crippen molar-refractivity contribution in [1.29, 1.82) is 0 Å². The predicted octanol–water partition coefficient (Wildman–Crippen LogP) is 8.92. The van der Waals surface area contributed by atoms with Gasteiger partial charge in [-0.05, 0) is 42.0 Å². The van der Waals surface area contributed by atoms with Gasteiger partial charge in [-0.2, -0.15) is 8.42 Å². The summed E-state index contributed by atoms with van der Waals surface area (Å²) in [5.41, 5.74) is 1.37. The van der Waals surface area contributed by atoms with Crippen molar-refractivity contribution in [3.8, 4) is 0 Å². The molecule has 5 heteroatoms. The molecule has 0 heterocycles. The van der Waals surface area contributed by atoms with Crippen LogP contribution in [0.4, 0.5) is 0 Å². The van der Waals surface area contributed by atoms with Gasteiger partial charge in [-0.3, -0.25) is 4.55 Å². The Bertz CT molecular complexity index is 768. The third kappa shape index (κ3) is 12.7. The minimum atomic E-state index is -4.28. The van der Waals surface area contributed by atoms with Crippen molar-refractivity contribution in [3.05, 3.63) is 29.3 Å². The molecule has 0 saturated carbocycles. The lowest BCUT2D eigenvalue weighted by Gasteiger charge is -2.29. The molecule has 1 atom stereocenters. The van der Waals surface area contributed by atoms with Crippen LogP contribution >= 0.6 is 0 Å². The summed E-state index contributed by atoms with van der Waals surface area (Å²) in [6, 6.07) is 4.59. The molecule has 2 N–H and O–H groups in total. The van der Waals surface area contributed by atoms with E-state index in [-0.39, 0.29) is 10.3 Å². The van der Waals surface area contributed by atoms with Crippen molar-refractivity contribution in [2.24, 2.45) is 0 Å². The van der Waals surface area contributed by atoms with Crippen LogP contribution in [0.15, 0.2) is 23.1 Å². The number of benzene rings is 1. The number of unbranched alkanes of at least 4 members (excludes halogenated alkanes) is 15. The van der Waals surface area contributed by atoms with Gasteiger partial charge in [-0.25, -0.2) is 0 Å². The first-order chi connectivity index (χ1) is 16.1. The molecule has 1 aromatic rings. The first-order valence-corrected chi connectivity index (χ1v) is 15.3. The van der Waals surface area contributed by atoms with Crippen LogP contribution in [0.1, 0.15) is 154 Å². The van der Waals surface area contributed by atoms with Crippen LogP contribution in [0.2, 0.25) is 0 Å². The van der Waals surface area contributed by atoms with Crippen LogP contribution in [0.5, 0.6) is 0 Å². The molecule has 4 nitrogen and oxygen atoms in total. The lowest BCUT2D eigenvalue weighted by Crippen LogP contribution is -2.20. The predicted molar refractivity (Wildman–Crippen MR) is 144 cm³/mol. The number of hydrogen-bond acceptors (Lipinski definition) is 3. The maximum Gasteiger partial charge on any atom is 0.294 e. The summed E-state index contributed by atoms with van der Waals surface area (Å²) in [7, 11) is -4.28. The van der Waals surface area contributed by atoms with Crippen molar-refractivity contribution >= 4 is 10.1 Å². The normalized spacial score (nSPS) is 13.4. The maximum absolute atomic E-state index is 11.5. The van der Waals surface area contributed by atoms with E-state index in [9.17, 15) is 18.1 Å². The van der Waals surface area contributed by atoms with Gasteiger partial charge >= 0.3 is 0 Å². The zero-order valence-corrected chi connectivity index (χ0v) is 23.3. The first kappa shape index (κ1) is 31.1. The van der Waals surface area contributed by atoms with Gasteiger partial charge in [0.25, 0.3) is 10.1 Å². The van der Waals surface area contributed by atoms with Crippen LogP contribution in [-0.2, 0) is 15.5 Å². The van der Waals surface area contributed by atoms with Crippen LogP contribution in [-0.4, -0.2) is 18.1 Å². The second-order valence-corrected chi connectivity index (χ2v) is 12.3. The van der Waals surface area contributed by atoms with Crippen LogP contribution in [0, 0.1) is 0 Å². The Balaban J connectivity index is 2.20. The minimum Gasteiger partial charge on any atom is -0.389 e.